The van der Waals surface area contributed by atoms with E-state index >= 15 is 0 Å². The predicted molar refractivity (Wildman–Crippen MR) is 76.7 cm³/mol. The normalized spacial score (nSPS) is 20.1. The highest BCUT2D eigenvalue weighted by Gasteiger charge is 2.12. The van der Waals surface area contributed by atoms with E-state index < -0.39 is 0 Å². The number of nitrogens with one attached hydrogen (secondary N) is 2. The van der Waals surface area contributed by atoms with Crippen LogP contribution in [0.4, 0.5) is 0 Å². The lowest BCUT2D eigenvalue weighted by atomic mass is 10.0. The summed E-state index contributed by atoms with van der Waals surface area (Å²) in [7, 11) is 0. The molecule has 1 atom stereocenters. The second-order valence-corrected chi connectivity index (χ2v) is 5.06. The van der Waals surface area contributed by atoms with Crippen molar-refractivity contribution in [1.29, 1.82) is 0 Å². The molecule has 3 rings (SSSR count). The second kappa shape index (κ2) is 5.51. The Morgan fingerprint density at radius 1 is 1.11 bits per heavy atom. The molecule has 2 aromatic rings. The van der Waals surface area contributed by atoms with Gasteiger partial charge in [-0.1, -0.05) is 42.5 Å². The van der Waals surface area contributed by atoms with Gasteiger partial charge < -0.3 is 10.6 Å². The number of benzene rings is 2. The Kier molecular flexibility index (Phi) is 3.58. The zero-order valence-corrected chi connectivity index (χ0v) is 10.7. The van der Waals surface area contributed by atoms with Crippen molar-refractivity contribution < 1.29 is 0 Å². The van der Waals surface area contributed by atoms with Crippen LogP contribution in [0.3, 0.4) is 0 Å². The van der Waals surface area contributed by atoms with Crippen LogP contribution in [0.25, 0.3) is 10.8 Å². The van der Waals surface area contributed by atoms with Gasteiger partial charge in [0.05, 0.1) is 0 Å². The molecule has 0 bridgehead atoms. The fraction of sp³-hybridized carbons (Fsp3) is 0.375. The maximum absolute atomic E-state index is 3.67. The summed E-state index contributed by atoms with van der Waals surface area (Å²) in [5.74, 6) is 0. The summed E-state index contributed by atoms with van der Waals surface area (Å²) in [5.41, 5.74) is 1.40. The first-order valence-electron chi connectivity index (χ1n) is 6.84. The van der Waals surface area contributed by atoms with Gasteiger partial charge in [-0.05, 0) is 35.7 Å². The Morgan fingerprint density at radius 3 is 2.89 bits per heavy atom. The number of hydrogen-bond acceptors (Lipinski definition) is 2. The lowest BCUT2D eigenvalue weighted by Gasteiger charge is -2.24. The maximum atomic E-state index is 3.67. The molecule has 1 aliphatic heterocycles. The molecule has 0 amide bonds. The van der Waals surface area contributed by atoms with Crippen LogP contribution in [0.2, 0.25) is 0 Å². The van der Waals surface area contributed by atoms with Gasteiger partial charge in [0.15, 0.2) is 0 Å². The maximum Gasteiger partial charge on any atom is 0.0214 e. The SMILES string of the molecule is c1ccc2c(CN[C@@H]3CCCNC3)cccc2c1. The average Bonchev–Trinajstić information content (AvgIpc) is 2.46. The molecule has 1 aliphatic rings. The molecule has 0 unspecified atom stereocenters. The lowest BCUT2D eigenvalue weighted by Crippen LogP contribution is -2.42. The molecule has 18 heavy (non-hydrogen) atoms. The number of fused-ring (bicyclic) bond motifs is 1. The Labute approximate surface area is 108 Å². The monoisotopic (exact) mass is 240 g/mol. The minimum atomic E-state index is 0.623. The zero-order valence-electron chi connectivity index (χ0n) is 10.7. The summed E-state index contributed by atoms with van der Waals surface area (Å²) in [5, 5.41) is 9.82. The molecule has 0 saturated carbocycles. The summed E-state index contributed by atoms with van der Waals surface area (Å²) in [6.07, 6.45) is 2.57. The summed E-state index contributed by atoms with van der Waals surface area (Å²) >= 11 is 0. The highest BCUT2D eigenvalue weighted by Crippen LogP contribution is 2.18. The average molecular weight is 240 g/mol. The van der Waals surface area contributed by atoms with Crippen molar-refractivity contribution in [3.05, 3.63) is 48.0 Å². The molecule has 2 aromatic carbocycles. The second-order valence-electron chi connectivity index (χ2n) is 5.06. The molecule has 2 N–H and O–H groups in total. The van der Waals surface area contributed by atoms with Gasteiger partial charge in [-0.15, -0.1) is 0 Å². The largest absolute Gasteiger partial charge is 0.315 e. The van der Waals surface area contributed by atoms with Crippen LogP contribution in [-0.4, -0.2) is 19.1 Å². The molecule has 1 heterocycles. The van der Waals surface area contributed by atoms with E-state index in [4.69, 9.17) is 0 Å². The smallest absolute Gasteiger partial charge is 0.0214 e. The highest BCUT2D eigenvalue weighted by atomic mass is 15.0. The first-order valence-corrected chi connectivity index (χ1v) is 6.84. The molecule has 0 radical (unpaired) electrons. The van der Waals surface area contributed by atoms with Crippen LogP contribution < -0.4 is 10.6 Å². The molecule has 94 valence electrons. The fourth-order valence-electron chi connectivity index (χ4n) is 2.73. The van der Waals surface area contributed by atoms with Crippen LogP contribution in [0, 0.1) is 0 Å². The van der Waals surface area contributed by atoms with Gasteiger partial charge >= 0.3 is 0 Å². The van der Waals surface area contributed by atoms with E-state index in [-0.39, 0.29) is 0 Å². The summed E-state index contributed by atoms with van der Waals surface area (Å²) in [6, 6.07) is 15.8. The summed E-state index contributed by atoms with van der Waals surface area (Å²) in [6.45, 7) is 3.24. The first kappa shape index (κ1) is 11.7. The highest BCUT2D eigenvalue weighted by molar-refractivity contribution is 5.85. The van der Waals surface area contributed by atoms with Crippen molar-refractivity contribution in [3.63, 3.8) is 0 Å². The van der Waals surface area contributed by atoms with E-state index in [2.05, 4.69) is 53.1 Å². The Hall–Kier alpha value is -1.38. The Balaban J connectivity index is 1.74. The van der Waals surface area contributed by atoms with E-state index in [1.54, 1.807) is 0 Å². The van der Waals surface area contributed by atoms with Crippen molar-refractivity contribution >= 4 is 10.8 Å². The van der Waals surface area contributed by atoms with E-state index in [1.807, 2.05) is 0 Å². The van der Waals surface area contributed by atoms with Gasteiger partial charge in [-0.3, -0.25) is 0 Å². The van der Waals surface area contributed by atoms with E-state index in [0.29, 0.717) is 6.04 Å². The zero-order chi connectivity index (χ0) is 12.2. The van der Waals surface area contributed by atoms with Gasteiger partial charge in [0.1, 0.15) is 0 Å². The third-order valence-corrected chi connectivity index (χ3v) is 3.76. The van der Waals surface area contributed by atoms with Gasteiger partial charge in [0.2, 0.25) is 0 Å². The number of hydrogen-bond donors (Lipinski definition) is 2. The molecule has 0 aliphatic carbocycles. The van der Waals surface area contributed by atoms with E-state index in [9.17, 15) is 0 Å². The summed E-state index contributed by atoms with van der Waals surface area (Å²) in [4.78, 5) is 0. The molecular formula is C16H20N2. The third-order valence-electron chi connectivity index (χ3n) is 3.76. The van der Waals surface area contributed by atoms with Crippen LogP contribution in [0.1, 0.15) is 18.4 Å². The topological polar surface area (TPSA) is 24.1 Å². The van der Waals surface area contributed by atoms with Crippen molar-refractivity contribution in [2.75, 3.05) is 13.1 Å². The van der Waals surface area contributed by atoms with Crippen molar-refractivity contribution in [1.82, 2.24) is 10.6 Å². The third kappa shape index (κ3) is 2.55. The molecular weight excluding hydrogens is 220 g/mol. The fourth-order valence-corrected chi connectivity index (χ4v) is 2.73. The van der Waals surface area contributed by atoms with Gasteiger partial charge in [0, 0.05) is 19.1 Å². The molecule has 0 spiro atoms. The van der Waals surface area contributed by atoms with Crippen LogP contribution in [0.5, 0.6) is 0 Å². The van der Waals surface area contributed by atoms with E-state index in [0.717, 1.165) is 13.1 Å². The minimum absolute atomic E-state index is 0.623. The van der Waals surface area contributed by atoms with Crippen molar-refractivity contribution in [2.24, 2.45) is 0 Å². The standard InChI is InChI=1S/C16H20N2/c1-2-9-16-13(5-1)6-3-7-14(16)11-18-15-8-4-10-17-12-15/h1-3,5-7,9,15,17-18H,4,8,10-12H2/t15-/m1/s1. The number of rotatable bonds is 3. The van der Waals surface area contributed by atoms with Crippen LogP contribution in [-0.2, 0) is 6.54 Å². The number of piperidine rings is 1. The van der Waals surface area contributed by atoms with Crippen molar-refractivity contribution in [3.8, 4) is 0 Å². The summed E-state index contributed by atoms with van der Waals surface area (Å²) < 4.78 is 0. The Bertz CT molecular complexity index is 510. The van der Waals surface area contributed by atoms with Gasteiger partial charge in [-0.25, -0.2) is 0 Å². The molecule has 1 saturated heterocycles. The van der Waals surface area contributed by atoms with Gasteiger partial charge in [-0.2, -0.15) is 0 Å². The van der Waals surface area contributed by atoms with E-state index in [1.165, 1.54) is 35.7 Å². The quantitative estimate of drug-likeness (QED) is 0.862. The molecule has 2 heteroatoms. The first-order chi connectivity index (χ1) is 8.93. The molecule has 1 fully saturated rings. The lowest BCUT2D eigenvalue weighted by molar-refractivity contribution is 0.389. The minimum Gasteiger partial charge on any atom is -0.315 e. The van der Waals surface area contributed by atoms with Crippen molar-refractivity contribution in [2.45, 2.75) is 25.4 Å². The van der Waals surface area contributed by atoms with Crippen LogP contribution in [0.15, 0.2) is 42.5 Å². The van der Waals surface area contributed by atoms with Crippen LogP contribution >= 0.6 is 0 Å². The predicted octanol–water partition coefficient (Wildman–Crippen LogP) is 2.68. The Morgan fingerprint density at radius 2 is 2.00 bits per heavy atom. The molecule has 0 aromatic heterocycles. The molecule has 2 nitrogen and oxygen atoms in total. The van der Waals surface area contributed by atoms with Gasteiger partial charge in [0.25, 0.3) is 0 Å².